The van der Waals surface area contributed by atoms with E-state index in [2.05, 4.69) is 15.9 Å². The van der Waals surface area contributed by atoms with E-state index >= 15 is 0 Å². The highest BCUT2D eigenvalue weighted by Crippen LogP contribution is 2.30. The highest BCUT2D eigenvalue weighted by molar-refractivity contribution is 9.10. The Morgan fingerprint density at radius 1 is 1.40 bits per heavy atom. The molecule has 0 fully saturated rings. The molecular formula is C11H16BrNO2. The van der Waals surface area contributed by atoms with Crippen molar-refractivity contribution < 1.29 is 9.47 Å². The van der Waals surface area contributed by atoms with Crippen LogP contribution in [0.3, 0.4) is 0 Å². The molecule has 0 saturated heterocycles. The second kappa shape index (κ2) is 6.10. The Bertz CT molecular complexity index is 317. The van der Waals surface area contributed by atoms with Crippen LogP contribution in [0.2, 0.25) is 0 Å². The van der Waals surface area contributed by atoms with Crippen molar-refractivity contribution in [1.82, 2.24) is 0 Å². The van der Waals surface area contributed by atoms with Crippen molar-refractivity contribution in [2.24, 2.45) is 5.73 Å². The van der Waals surface area contributed by atoms with E-state index in [1.54, 1.807) is 14.2 Å². The quantitative estimate of drug-likeness (QED) is 0.897. The van der Waals surface area contributed by atoms with E-state index in [9.17, 15) is 0 Å². The van der Waals surface area contributed by atoms with Gasteiger partial charge in [0.15, 0.2) is 0 Å². The van der Waals surface area contributed by atoms with Crippen LogP contribution in [0.15, 0.2) is 22.7 Å². The summed E-state index contributed by atoms with van der Waals surface area (Å²) in [6.45, 7) is 0.608. The normalized spacial score (nSPS) is 12.5. The summed E-state index contributed by atoms with van der Waals surface area (Å²) in [6.07, 6.45) is 0.846. The summed E-state index contributed by atoms with van der Waals surface area (Å²) >= 11 is 3.41. The number of benzene rings is 1. The average Bonchev–Trinajstić information content (AvgIpc) is 2.27. The number of nitrogens with two attached hydrogens (primary N) is 1. The molecule has 1 atom stereocenters. The molecule has 1 unspecified atom stereocenters. The first kappa shape index (κ1) is 12.5. The van der Waals surface area contributed by atoms with Crippen LogP contribution in [0.25, 0.3) is 0 Å². The number of ether oxygens (including phenoxy) is 2. The third kappa shape index (κ3) is 3.19. The van der Waals surface area contributed by atoms with E-state index in [4.69, 9.17) is 15.2 Å². The molecule has 15 heavy (non-hydrogen) atoms. The highest BCUT2D eigenvalue weighted by Gasteiger charge is 2.11. The molecule has 0 spiro atoms. The summed E-state index contributed by atoms with van der Waals surface area (Å²) in [5, 5.41) is 0. The fraction of sp³-hybridized carbons (Fsp3) is 0.455. The maximum atomic E-state index is 5.52. The van der Waals surface area contributed by atoms with Gasteiger partial charge in [0.05, 0.1) is 17.7 Å². The van der Waals surface area contributed by atoms with Crippen LogP contribution in [0.1, 0.15) is 18.1 Å². The van der Waals surface area contributed by atoms with Gasteiger partial charge in [0.2, 0.25) is 0 Å². The van der Waals surface area contributed by atoms with Gasteiger partial charge in [-0.3, -0.25) is 0 Å². The fourth-order valence-corrected chi connectivity index (χ4v) is 1.86. The molecule has 2 N–H and O–H groups in total. The van der Waals surface area contributed by atoms with Crippen LogP contribution in [0, 0.1) is 0 Å². The molecule has 0 saturated carbocycles. The van der Waals surface area contributed by atoms with Gasteiger partial charge in [-0.05, 0) is 46.6 Å². The summed E-state index contributed by atoms with van der Waals surface area (Å²) in [5.74, 6) is 0.812. The predicted molar refractivity (Wildman–Crippen MR) is 64.1 cm³/mol. The Morgan fingerprint density at radius 3 is 2.67 bits per heavy atom. The number of rotatable bonds is 5. The van der Waals surface area contributed by atoms with Crippen molar-refractivity contribution in [3.05, 3.63) is 28.2 Å². The largest absolute Gasteiger partial charge is 0.496 e. The molecule has 1 aromatic rings. The molecule has 0 aliphatic carbocycles. The number of hydrogen-bond acceptors (Lipinski definition) is 3. The zero-order valence-electron chi connectivity index (χ0n) is 9.00. The van der Waals surface area contributed by atoms with E-state index in [0.29, 0.717) is 6.54 Å². The maximum Gasteiger partial charge on any atom is 0.133 e. The lowest BCUT2D eigenvalue weighted by Crippen LogP contribution is -2.09. The van der Waals surface area contributed by atoms with Gasteiger partial charge in [-0.15, -0.1) is 0 Å². The lowest BCUT2D eigenvalue weighted by Gasteiger charge is -2.16. The predicted octanol–water partition coefficient (Wildman–Crippen LogP) is 2.49. The lowest BCUT2D eigenvalue weighted by molar-refractivity contribution is 0.0975. The minimum atomic E-state index is 0.0389. The second-order valence-electron chi connectivity index (χ2n) is 3.20. The monoisotopic (exact) mass is 273 g/mol. The molecule has 0 amide bonds. The van der Waals surface area contributed by atoms with Crippen LogP contribution >= 0.6 is 15.9 Å². The van der Waals surface area contributed by atoms with Gasteiger partial charge in [0.1, 0.15) is 5.75 Å². The van der Waals surface area contributed by atoms with E-state index in [1.807, 2.05) is 18.2 Å². The summed E-state index contributed by atoms with van der Waals surface area (Å²) < 4.78 is 11.5. The van der Waals surface area contributed by atoms with Crippen molar-refractivity contribution in [3.8, 4) is 5.75 Å². The number of methoxy groups -OCH3 is 2. The number of halogens is 1. The molecule has 0 aliphatic heterocycles. The fourth-order valence-electron chi connectivity index (χ4n) is 1.45. The van der Waals surface area contributed by atoms with Crippen molar-refractivity contribution >= 4 is 15.9 Å². The Hall–Kier alpha value is -0.580. The summed E-state index contributed by atoms with van der Waals surface area (Å²) in [4.78, 5) is 0. The Morgan fingerprint density at radius 2 is 2.13 bits per heavy atom. The van der Waals surface area contributed by atoms with Crippen LogP contribution in [0.5, 0.6) is 5.75 Å². The van der Waals surface area contributed by atoms with Crippen molar-refractivity contribution in [1.29, 1.82) is 0 Å². The first-order valence-electron chi connectivity index (χ1n) is 4.79. The Balaban J connectivity index is 2.92. The molecule has 0 heterocycles. The van der Waals surface area contributed by atoms with Gasteiger partial charge in [0, 0.05) is 7.11 Å². The van der Waals surface area contributed by atoms with Crippen molar-refractivity contribution in [2.75, 3.05) is 20.8 Å². The van der Waals surface area contributed by atoms with E-state index in [0.717, 1.165) is 22.2 Å². The van der Waals surface area contributed by atoms with Crippen molar-refractivity contribution in [3.63, 3.8) is 0 Å². The first-order valence-corrected chi connectivity index (χ1v) is 5.58. The van der Waals surface area contributed by atoms with E-state index in [-0.39, 0.29) is 6.10 Å². The average molecular weight is 274 g/mol. The maximum absolute atomic E-state index is 5.52. The number of hydrogen-bond donors (Lipinski definition) is 1. The smallest absolute Gasteiger partial charge is 0.133 e. The summed E-state index contributed by atoms with van der Waals surface area (Å²) in [7, 11) is 3.34. The van der Waals surface area contributed by atoms with Gasteiger partial charge < -0.3 is 15.2 Å². The molecular weight excluding hydrogens is 258 g/mol. The Kier molecular flexibility index (Phi) is 5.08. The molecule has 0 radical (unpaired) electrons. The minimum Gasteiger partial charge on any atom is -0.496 e. The SMILES string of the molecule is COc1cc(C(CCN)OC)ccc1Br. The van der Waals surface area contributed by atoms with Crippen LogP contribution < -0.4 is 10.5 Å². The van der Waals surface area contributed by atoms with Gasteiger partial charge in [-0.25, -0.2) is 0 Å². The lowest BCUT2D eigenvalue weighted by atomic mass is 10.1. The molecule has 1 rings (SSSR count). The van der Waals surface area contributed by atoms with Crippen molar-refractivity contribution in [2.45, 2.75) is 12.5 Å². The molecule has 3 nitrogen and oxygen atoms in total. The van der Waals surface area contributed by atoms with Gasteiger partial charge in [0.25, 0.3) is 0 Å². The third-order valence-electron chi connectivity index (χ3n) is 2.26. The summed E-state index contributed by atoms with van der Waals surface area (Å²) in [6, 6.07) is 5.93. The topological polar surface area (TPSA) is 44.5 Å². The third-order valence-corrected chi connectivity index (χ3v) is 2.92. The van der Waals surface area contributed by atoms with Crippen LogP contribution in [-0.4, -0.2) is 20.8 Å². The van der Waals surface area contributed by atoms with Crippen LogP contribution in [0.4, 0.5) is 0 Å². The summed E-state index contributed by atoms with van der Waals surface area (Å²) in [5.41, 5.74) is 6.61. The van der Waals surface area contributed by atoms with Crippen LogP contribution in [-0.2, 0) is 4.74 Å². The van der Waals surface area contributed by atoms with Gasteiger partial charge >= 0.3 is 0 Å². The Labute approximate surface area is 98.7 Å². The molecule has 4 heteroatoms. The zero-order chi connectivity index (χ0) is 11.3. The molecule has 0 aliphatic rings. The highest BCUT2D eigenvalue weighted by atomic mass is 79.9. The molecule has 0 aromatic heterocycles. The van der Waals surface area contributed by atoms with E-state index in [1.165, 1.54) is 0 Å². The van der Waals surface area contributed by atoms with Gasteiger partial charge in [-0.1, -0.05) is 6.07 Å². The first-order chi connectivity index (χ1) is 7.22. The molecule has 1 aromatic carbocycles. The molecule has 0 bridgehead atoms. The standard InChI is InChI=1S/C11H16BrNO2/c1-14-10(5-6-13)8-3-4-9(12)11(7-8)15-2/h3-4,7,10H,5-6,13H2,1-2H3. The van der Waals surface area contributed by atoms with E-state index < -0.39 is 0 Å². The zero-order valence-corrected chi connectivity index (χ0v) is 10.6. The second-order valence-corrected chi connectivity index (χ2v) is 4.05. The van der Waals surface area contributed by atoms with Gasteiger partial charge in [-0.2, -0.15) is 0 Å². The molecule has 84 valence electrons. The minimum absolute atomic E-state index is 0.0389.